The maximum Gasteiger partial charge on any atom is 0.230 e. The quantitative estimate of drug-likeness (QED) is 0.730. The van der Waals surface area contributed by atoms with Gasteiger partial charge in [0.05, 0.1) is 11.8 Å². The fourth-order valence-electron chi connectivity index (χ4n) is 2.61. The fourth-order valence-corrected chi connectivity index (χ4v) is 3.35. The minimum absolute atomic E-state index is 0.0124. The predicted molar refractivity (Wildman–Crippen MR) is 94.4 cm³/mol. The number of thioether (sulfide) groups is 1. The van der Waals surface area contributed by atoms with Crippen molar-refractivity contribution in [3.8, 4) is 0 Å². The summed E-state index contributed by atoms with van der Waals surface area (Å²) in [5.74, 6) is 0.374. The molecule has 1 unspecified atom stereocenters. The standard InChI is InChI=1S/C18H19N3OS/c1-13(15-9-5-7-14-6-3-4-8-16(14)15)20-17(22)12-23-18-19-10-11-21(18)2/h3-11,13H,12H2,1-2H3,(H,20,22). The molecule has 4 nitrogen and oxygen atoms in total. The van der Waals surface area contributed by atoms with E-state index in [1.807, 2.05) is 42.9 Å². The Morgan fingerprint density at radius 2 is 2.04 bits per heavy atom. The van der Waals surface area contributed by atoms with Gasteiger partial charge in [-0.2, -0.15) is 0 Å². The minimum Gasteiger partial charge on any atom is -0.349 e. The molecule has 1 atom stereocenters. The third-order valence-corrected chi connectivity index (χ3v) is 4.83. The molecule has 2 aromatic carbocycles. The third-order valence-electron chi connectivity index (χ3n) is 3.78. The lowest BCUT2D eigenvalue weighted by atomic mass is 10.00. The number of aromatic nitrogens is 2. The van der Waals surface area contributed by atoms with Crippen LogP contribution in [0.15, 0.2) is 60.0 Å². The van der Waals surface area contributed by atoms with Crippen molar-refractivity contribution in [3.63, 3.8) is 0 Å². The maximum atomic E-state index is 12.2. The van der Waals surface area contributed by atoms with Crippen molar-refractivity contribution in [3.05, 3.63) is 60.4 Å². The SMILES string of the molecule is CC(NC(=O)CSc1nccn1C)c1cccc2ccccc12. The summed E-state index contributed by atoms with van der Waals surface area (Å²) < 4.78 is 1.91. The van der Waals surface area contributed by atoms with Gasteiger partial charge in [0.1, 0.15) is 0 Å². The van der Waals surface area contributed by atoms with Crippen LogP contribution in [-0.2, 0) is 11.8 Å². The van der Waals surface area contributed by atoms with E-state index in [4.69, 9.17) is 0 Å². The molecule has 3 aromatic rings. The number of rotatable bonds is 5. The topological polar surface area (TPSA) is 46.9 Å². The number of amides is 1. The van der Waals surface area contributed by atoms with Crippen molar-refractivity contribution in [2.75, 3.05) is 5.75 Å². The highest BCUT2D eigenvalue weighted by molar-refractivity contribution is 7.99. The molecule has 3 rings (SSSR count). The van der Waals surface area contributed by atoms with Gasteiger partial charge in [0.2, 0.25) is 5.91 Å². The Bertz CT molecular complexity index is 823. The number of nitrogens with zero attached hydrogens (tertiary/aromatic N) is 2. The van der Waals surface area contributed by atoms with E-state index in [0.717, 1.165) is 10.7 Å². The number of hydrogen-bond acceptors (Lipinski definition) is 3. The summed E-state index contributed by atoms with van der Waals surface area (Å²) in [4.78, 5) is 16.4. The first-order chi connectivity index (χ1) is 11.1. The number of carbonyl (C=O) groups is 1. The Labute approximate surface area is 139 Å². The lowest BCUT2D eigenvalue weighted by molar-refractivity contribution is -0.119. The van der Waals surface area contributed by atoms with Gasteiger partial charge in [-0.25, -0.2) is 4.98 Å². The van der Waals surface area contributed by atoms with Crippen molar-refractivity contribution < 1.29 is 4.79 Å². The molecule has 0 radical (unpaired) electrons. The predicted octanol–water partition coefficient (Wildman–Crippen LogP) is 3.54. The van der Waals surface area contributed by atoms with Crippen molar-refractivity contribution in [1.29, 1.82) is 0 Å². The van der Waals surface area contributed by atoms with Crippen LogP contribution in [0.2, 0.25) is 0 Å². The van der Waals surface area contributed by atoms with E-state index in [-0.39, 0.29) is 11.9 Å². The van der Waals surface area contributed by atoms with Gasteiger partial charge in [-0.3, -0.25) is 4.79 Å². The molecule has 1 aromatic heterocycles. The lowest BCUT2D eigenvalue weighted by Crippen LogP contribution is -2.28. The first-order valence-electron chi connectivity index (χ1n) is 7.52. The van der Waals surface area contributed by atoms with Crippen molar-refractivity contribution in [1.82, 2.24) is 14.9 Å². The van der Waals surface area contributed by atoms with Crippen LogP contribution in [0.5, 0.6) is 0 Å². The van der Waals surface area contributed by atoms with Crippen molar-refractivity contribution >= 4 is 28.4 Å². The van der Waals surface area contributed by atoms with E-state index in [0.29, 0.717) is 5.75 Å². The summed E-state index contributed by atoms with van der Waals surface area (Å²) in [6.07, 6.45) is 3.61. The molecule has 5 heteroatoms. The van der Waals surface area contributed by atoms with Gasteiger partial charge in [-0.15, -0.1) is 0 Å². The summed E-state index contributed by atoms with van der Waals surface area (Å²) in [5.41, 5.74) is 1.14. The molecular weight excluding hydrogens is 306 g/mol. The van der Waals surface area contributed by atoms with Crippen LogP contribution < -0.4 is 5.32 Å². The summed E-state index contributed by atoms with van der Waals surface area (Å²) in [5, 5.41) is 6.29. The fraction of sp³-hybridized carbons (Fsp3) is 0.222. The zero-order valence-electron chi connectivity index (χ0n) is 13.2. The molecule has 1 heterocycles. The zero-order chi connectivity index (χ0) is 16.2. The molecule has 0 aliphatic heterocycles. The van der Waals surface area contributed by atoms with E-state index in [1.54, 1.807) is 6.20 Å². The summed E-state index contributed by atoms with van der Waals surface area (Å²) in [7, 11) is 1.92. The van der Waals surface area contributed by atoms with E-state index in [9.17, 15) is 4.79 Å². The number of hydrogen-bond donors (Lipinski definition) is 1. The normalized spacial score (nSPS) is 12.3. The Morgan fingerprint density at radius 1 is 1.26 bits per heavy atom. The first kappa shape index (κ1) is 15.6. The van der Waals surface area contributed by atoms with E-state index in [1.165, 1.54) is 22.5 Å². The van der Waals surface area contributed by atoms with Crippen molar-refractivity contribution in [2.45, 2.75) is 18.1 Å². The van der Waals surface area contributed by atoms with Crippen LogP contribution in [-0.4, -0.2) is 21.2 Å². The molecule has 23 heavy (non-hydrogen) atoms. The molecule has 1 N–H and O–H groups in total. The Kier molecular flexibility index (Phi) is 4.67. The Morgan fingerprint density at radius 3 is 2.83 bits per heavy atom. The molecule has 0 aliphatic rings. The summed E-state index contributed by atoms with van der Waals surface area (Å²) >= 11 is 1.44. The van der Waals surface area contributed by atoms with Crippen LogP contribution in [0, 0.1) is 0 Å². The second kappa shape index (κ2) is 6.87. The Balaban J connectivity index is 1.67. The highest BCUT2D eigenvalue weighted by Crippen LogP contribution is 2.24. The van der Waals surface area contributed by atoms with E-state index < -0.39 is 0 Å². The highest BCUT2D eigenvalue weighted by Gasteiger charge is 2.13. The van der Waals surface area contributed by atoms with E-state index in [2.05, 4.69) is 34.6 Å². The molecule has 0 spiro atoms. The molecular formula is C18H19N3OS. The number of aryl methyl sites for hydroxylation is 1. The van der Waals surface area contributed by atoms with Crippen LogP contribution >= 0.6 is 11.8 Å². The maximum absolute atomic E-state index is 12.2. The van der Waals surface area contributed by atoms with Crippen LogP contribution in [0.4, 0.5) is 0 Å². The molecule has 118 valence electrons. The van der Waals surface area contributed by atoms with Crippen LogP contribution in [0.3, 0.4) is 0 Å². The first-order valence-corrected chi connectivity index (χ1v) is 8.51. The summed E-state index contributed by atoms with van der Waals surface area (Å²) in [6, 6.07) is 14.4. The smallest absolute Gasteiger partial charge is 0.230 e. The van der Waals surface area contributed by atoms with Gasteiger partial charge < -0.3 is 9.88 Å². The van der Waals surface area contributed by atoms with Gasteiger partial charge >= 0.3 is 0 Å². The number of imidazole rings is 1. The van der Waals surface area contributed by atoms with E-state index >= 15 is 0 Å². The molecule has 0 saturated heterocycles. The zero-order valence-corrected chi connectivity index (χ0v) is 14.0. The lowest BCUT2D eigenvalue weighted by Gasteiger charge is -2.16. The average molecular weight is 325 g/mol. The second-order valence-electron chi connectivity index (χ2n) is 5.47. The van der Waals surface area contributed by atoms with Gasteiger partial charge in [0.15, 0.2) is 5.16 Å². The molecule has 0 bridgehead atoms. The molecule has 0 fully saturated rings. The number of fused-ring (bicyclic) bond motifs is 1. The van der Waals surface area contributed by atoms with Gasteiger partial charge in [0.25, 0.3) is 0 Å². The largest absolute Gasteiger partial charge is 0.349 e. The molecule has 0 aliphatic carbocycles. The molecule has 0 saturated carbocycles. The summed E-state index contributed by atoms with van der Waals surface area (Å²) in [6.45, 7) is 2.02. The van der Waals surface area contributed by atoms with Gasteiger partial charge in [0, 0.05) is 19.4 Å². The monoisotopic (exact) mass is 325 g/mol. The highest BCUT2D eigenvalue weighted by atomic mass is 32.2. The number of carbonyl (C=O) groups excluding carboxylic acids is 1. The third kappa shape index (κ3) is 3.56. The van der Waals surface area contributed by atoms with Gasteiger partial charge in [-0.05, 0) is 23.3 Å². The van der Waals surface area contributed by atoms with Gasteiger partial charge in [-0.1, -0.05) is 54.2 Å². The molecule has 1 amide bonds. The average Bonchev–Trinajstić information content (AvgIpc) is 2.97. The van der Waals surface area contributed by atoms with Crippen molar-refractivity contribution in [2.24, 2.45) is 7.05 Å². The Hall–Kier alpha value is -2.27. The second-order valence-corrected chi connectivity index (χ2v) is 6.41. The van der Waals surface area contributed by atoms with Crippen LogP contribution in [0.25, 0.3) is 10.8 Å². The van der Waals surface area contributed by atoms with Crippen LogP contribution in [0.1, 0.15) is 18.5 Å². The number of benzene rings is 2. The number of nitrogens with one attached hydrogen (secondary N) is 1. The minimum atomic E-state index is -0.0319.